The lowest BCUT2D eigenvalue weighted by atomic mass is 10.0. The number of nitrogens with zero attached hydrogens (tertiary/aromatic N) is 1. The van der Waals surface area contributed by atoms with Gasteiger partial charge in [0.15, 0.2) is 0 Å². The molecule has 1 heterocycles. The van der Waals surface area contributed by atoms with Crippen molar-refractivity contribution in [3.05, 3.63) is 71.1 Å². The Labute approximate surface area is 231 Å². The van der Waals surface area contributed by atoms with Gasteiger partial charge < -0.3 is 14.3 Å². The molecule has 8 nitrogen and oxygen atoms in total. The molecule has 0 aliphatic heterocycles. The molecule has 0 amide bonds. The Bertz CT molecular complexity index is 1290. The van der Waals surface area contributed by atoms with E-state index in [0.29, 0.717) is 43.1 Å². The topological polar surface area (TPSA) is 119 Å². The number of carbonyl (C=O) groups is 1. The van der Waals surface area contributed by atoms with Crippen molar-refractivity contribution in [2.45, 2.75) is 78.2 Å². The molecule has 0 saturated heterocycles. The lowest BCUT2D eigenvalue weighted by Gasteiger charge is -2.14. The summed E-state index contributed by atoms with van der Waals surface area (Å²) >= 11 is 0. The van der Waals surface area contributed by atoms with Crippen LogP contribution in [0.3, 0.4) is 0 Å². The number of carboxylic acid groups (broad SMARTS) is 1. The highest BCUT2D eigenvalue weighted by atomic mass is 32.2. The van der Waals surface area contributed by atoms with Crippen molar-refractivity contribution in [2.24, 2.45) is 0 Å². The molecule has 0 aliphatic carbocycles. The number of rotatable bonds is 18. The molecular formula is C30H40N2O6S. The van der Waals surface area contributed by atoms with Crippen molar-refractivity contribution in [3.8, 4) is 17.2 Å². The number of aryl methyl sites for hydroxylation is 2. The lowest BCUT2D eigenvalue weighted by molar-refractivity contribution is -0.136. The van der Waals surface area contributed by atoms with Crippen LogP contribution in [0, 0.1) is 6.92 Å². The third-order valence-electron chi connectivity index (χ3n) is 6.56. The van der Waals surface area contributed by atoms with E-state index in [1.807, 2.05) is 43.3 Å². The van der Waals surface area contributed by atoms with E-state index >= 15 is 0 Å². The average molecular weight is 557 g/mol. The monoisotopic (exact) mass is 556 g/mol. The van der Waals surface area contributed by atoms with Crippen LogP contribution in [0.4, 0.5) is 0 Å². The first kappa shape index (κ1) is 30.4. The standard InChI is InChI=1S/C30H40N2O6S/c1-3-4-5-6-7-11-20-39(35,36)31-22-26-21-27(16-14-24(26)15-17-29(33)34)37-19-18-28-23(2)38-30(32-28)25-12-9-8-10-13-25/h8-10,12-14,16,21,31H,3-7,11,15,17-20,22H2,1-2H3,(H,33,34). The summed E-state index contributed by atoms with van der Waals surface area (Å²) in [6.45, 7) is 4.48. The lowest BCUT2D eigenvalue weighted by Crippen LogP contribution is -2.26. The van der Waals surface area contributed by atoms with Crippen LogP contribution in [0.25, 0.3) is 11.5 Å². The Hall–Kier alpha value is -3.17. The number of oxazole rings is 1. The number of hydrogen-bond donors (Lipinski definition) is 2. The van der Waals surface area contributed by atoms with Gasteiger partial charge in [0.2, 0.25) is 15.9 Å². The Balaban J connectivity index is 1.59. The van der Waals surface area contributed by atoms with E-state index < -0.39 is 16.0 Å². The van der Waals surface area contributed by atoms with Crippen molar-refractivity contribution in [1.82, 2.24) is 9.71 Å². The Morgan fingerprint density at radius 1 is 1.00 bits per heavy atom. The predicted molar refractivity (Wildman–Crippen MR) is 152 cm³/mol. The number of ether oxygens (including phenoxy) is 1. The quantitative estimate of drug-likeness (QED) is 0.183. The van der Waals surface area contributed by atoms with Gasteiger partial charge in [-0.05, 0) is 55.2 Å². The van der Waals surface area contributed by atoms with Gasteiger partial charge in [-0.3, -0.25) is 4.79 Å². The minimum atomic E-state index is -3.44. The normalized spacial score (nSPS) is 11.5. The number of sulfonamides is 1. The van der Waals surface area contributed by atoms with Crippen molar-refractivity contribution in [3.63, 3.8) is 0 Å². The van der Waals surface area contributed by atoms with Crippen molar-refractivity contribution in [1.29, 1.82) is 0 Å². The second-order valence-corrected chi connectivity index (χ2v) is 11.6. The summed E-state index contributed by atoms with van der Waals surface area (Å²) in [4.78, 5) is 15.7. The van der Waals surface area contributed by atoms with E-state index in [9.17, 15) is 13.2 Å². The first-order valence-electron chi connectivity index (χ1n) is 13.7. The van der Waals surface area contributed by atoms with Gasteiger partial charge in [0.25, 0.3) is 0 Å². The molecule has 0 aliphatic rings. The summed E-state index contributed by atoms with van der Waals surface area (Å²) < 4.78 is 39.6. The van der Waals surface area contributed by atoms with Gasteiger partial charge in [0, 0.05) is 24.9 Å². The van der Waals surface area contributed by atoms with Crippen LogP contribution in [0.1, 0.15) is 74.5 Å². The number of hydrogen-bond acceptors (Lipinski definition) is 6. The number of unbranched alkanes of at least 4 members (excludes halogenated alkanes) is 5. The molecule has 3 aromatic rings. The molecule has 9 heteroatoms. The van der Waals surface area contributed by atoms with Gasteiger partial charge in [-0.1, -0.05) is 63.3 Å². The van der Waals surface area contributed by atoms with Gasteiger partial charge in [-0.25, -0.2) is 18.1 Å². The van der Waals surface area contributed by atoms with Crippen LogP contribution < -0.4 is 9.46 Å². The molecule has 2 N–H and O–H groups in total. The summed E-state index contributed by atoms with van der Waals surface area (Å²) in [6.07, 6.45) is 6.85. The molecule has 0 saturated carbocycles. The molecule has 0 spiro atoms. The van der Waals surface area contributed by atoms with Gasteiger partial charge >= 0.3 is 5.97 Å². The summed E-state index contributed by atoms with van der Waals surface area (Å²) in [5, 5.41) is 9.13. The van der Waals surface area contributed by atoms with E-state index in [2.05, 4.69) is 16.6 Å². The summed E-state index contributed by atoms with van der Waals surface area (Å²) in [5.41, 5.74) is 3.22. The maximum Gasteiger partial charge on any atom is 0.303 e. The molecule has 3 rings (SSSR count). The Morgan fingerprint density at radius 3 is 2.49 bits per heavy atom. The molecule has 0 radical (unpaired) electrons. The third-order valence-corrected chi connectivity index (χ3v) is 7.97. The maximum absolute atomic E-state index is 12.6. The molecule has 212 valence electrons. The van der Waals surface area contributed by atoms with Gasteiger partial charge in [0.05, 0.1) is 18.1 Å². The molecule has 0 fully saturated rings. The zero-order valence-corrected chi connectivity index (χ0v) is 23.8. The second kappa shape index (κ2) is 15.4. The van der Waals surface area contributed by atoms with Crippen molar-refractivity contribution < 1.29 is 27.5 Å². The minimum Gasteiger partial charge on any atom is -0.493 e. The maximum atomic E-state index is 12.6. The number of benzene rings is 2. The van der Waals surface area contributed by atoms with Gasteiger partial charge in [-0.15, -0.1) is 0 Å². The first-order chi connectivity index (χ1) is 18.8. The zero-order valence-electron chi connectivity index (χ0n) is 22.9. The van der Waals surface area contributed by atoms with Crippen LogP contribution in [0.15, 0.2) is 52.9 Å². The van der Waals surface area contributed by atoms with Crippen molar-refractivity contribution >= 4 is 16.0 Å². The fraction of sp³-hybridized carbons (Fsp3) is 0.467. The van der Waals surface area contributed by atoms with Crippen LogP contribution >= 0.6 is 0 Å². The van der Waals surface area contributed by atoms with Crippen LogP contribution in [-0.2, 0) is 34.2 Å². The molecule has 0 unspecified atom stereocenters. The number of aliphatic carboxylic acids is 1. The SMILES string of the molecule is CCCCCCCCS(=O)(=O)NCc1cc(OCCc2nc(-c3ccccc3)oc2C)ccc1CCC(=O)O. The van der Waals surface area contributed by atoms with E-state index in [-0.39, 0.29) is 18.7 Å². The fourth-order valence-corrected chi connectivity index (χ4v) is 5.41. The predicted octanol–water partition coefficient (Wildman–Crippen LogP) is 6.07. The van der Waals surface area contributed by atoms with E-state index in [0.717, 1.165) is 48.3 Å². The molecule has 0 bridgehead atoms. The second-order valence-electron chi connectivity index (χ2n) is 9.72. The minimum absolute atomic E-state index is 0.0348. The molecule has 39 heavy (non-hydrogen) atoms. The van der Waals surface area contributed by atoms with Gasteiger partial charge in [0.1, 0.15) is 11.5 Å². The zero-order chi connectivity index (χ0) is 28.1. The molecule has 1 aromatic heterocycles. The van der Waals surface area contributed by atoms with Gasteiger partial charge in [-0.2, -0.15) is 0 Å². The largest absolute Gasteiger partial charge is 0.493 e. The highest BCUT2D eigenvalue weighted by Crippen LogP contribution is 2.23. The number of aromatic nitrogens is 1. The highest BCUT2D eigenvalue weighted by molar-refractivity contribution is 7.89. The van der Waals surface area contributed by atoms with E-state index in [4.69, 9.17) is 14.3 Å². The Morgan fingerprint density at radius 2 is 1.74 bits per heavy atom. The van der Waals surface area contributed by atoms with E-state index in [1.54, 1.807) is 12.1 Å². The summed E-state index contributed by atoms with van der Waals surface area (Å²) in [5.74, 6) is 1.08. The third kappa shape index (κ3) is 10.5. The number of carboxylic acids is 1. The smallest absolute Gasteiger partial charge is 0.303 e. The van der Waals surface area contributed by atoms with Crippen LogP contribution in [-0.4, -0.2) is 36.8 Å². The Kier molecular flexibility index (Phi) is 12.0. The summed E-state index contributed by atoms with van der Waals surface area (Å²) in [6, 6.07) is 15.1. The highest BCUT2D eigenvalue weighted by Gasteiger charge is 2.14. The number of nitrogens with one attached hydrogen (secondary N) is 1. The van der Waals surface area contributed by atoms with Crippen LogP contribution in [0.5, 0.6) is 5.75 Å². The molecule has 0 atom stereocenters. The summed E-state index contributed by atoms with van der Waals surface area (Å²) in [7, 11) is -3.44. The van der Waals surface area contributed by atoms with Crippen molar-refractivity contribution in [2.75, 3.05) is 12.4 Å². The van der Waals surface area contributed by atoms with Crippen LogP contribution in [0.2, 0.25) is 0 Å². The first-order valence-corrected chi connectivity index (χ1v) is 15.4. The fourth-order valence-electron chi connectivity index (χ4n) is 4.30. The van der Waals surface area contributed by atoms with E-state index in [1.165, 1.54) is 6.42 Å². The molecular weight excluding hydrogens is 516 g/mol. The average Bonchev–Trinajstić information content (AvgIpc) is 3.29. The molecule has 2 aromatic carbocycles.